The Hall–Kier alpha value is -0.610. The van der Waals surface area contributed by atoms with Gasteiger partial charge in [0.15, 0.2) is 0 Å². The van der Waals surface area contributed by atoms with Crippen LogP contribution in [0.25, 0.3) is 0 Å². The number of carbonyl (C=O) groups excluding carboxylic acids is 1. The molecule has 15 heavy (non-hydrogen) atoms. The van der Waals surface area contributed by atoms with Crippen molar-refractivity contribution in [2.24, 2.45) is 5.92 Å². The molecule has 0 saturated carbocycles. The van der Waals surface area contributed by atoms with Gasteiger partial charge in [0.25, 0.3) is 0 Å². The Balaban J connectivity index is 1.92. The molecule has 1 N–H and O–H groups in total. The molecular weight excluding hydrogens is 192 g/mol. The number of piperidine rings is 1. The van der Waals surface area contributed by atoms with Crippen molar-refractivity contribution >= 4 is 5.91 Å². The maximum absolute atomic E-state index is 12.2. The summed E-state index contributed by atoms with van der Waals surface area (Å²) in [4.78, 5) is 14.2. The summed E-state index contributed by atoms with van der Waals surface area (Å²) in [5.74, 6) is 0.511. The zero-order chi connectivity index (χ0) is 10.7. The van der Waals surface area contributed by atoms with Gasteiger partial charge in [0.2, 0.25) is 5.91 Å². The van der Waals surface area contributed by atoms with Crippen LogP contribution in [0.2, 0.25) is 0 Å². The molecule has 0 aliphatic carbocycles. The fourth-order valence-electron chi connectivity index (χ4n) is 2.35. The van der Waals surface area contributed by atoms with E-state index in [-0.39, 0.29) is 12.0 Å². The first-order valence-electron chi connectivity index (χ1n) is 5.88. The first-order chi connectivity index (χ1) is 7.29. The molecule has 2 heterocycles. The van der Waals surface area contributed by atoms with Gasteiger partial charge in [-0.3, -0.25) is 4.79 Å². The lowest BCUT2D eigenvalue weighted by Crippen LogP contribution is -2.51. The van der Waals surface area contributed by atoms with Crippen LogP contribution in [-0.4, -0.2) is 49.7 Å². The summed E-state index contributed by atoms with van der Waals surface area (Å²) in [6.45, 7) is 6.11. The van der Waals surface area contributed by atoms with Gasteiger partial charge in [0, 0.05) is 13.1 Å². The molecule has 0 radical (unpaired) electrons. The van der Waals surface area contributed by atoms with Gasteiger partial charge in [-0.25, -0.2) is 0 Å². The molecule has 0 aromatic heterocycles. The summed E-state index contributed by atoms with van der Waals surface area (Å²) in [7, 11) is 0. The molecule has 1 unspecified atom stereocenters. The highest BCUT2D eigenvalue weighted by Gasteiger charge is 2.30. The zero-order valence-corrected chi connectivity index (χ0v) is 9.37. The van der Waals surface area contributed by atoms with Crippen LogP contribution in [0.15, 0.2) is 0 Å². The van der Waals surface area contributed by atoms with E-state index >= 15 is 0 Å². The fraction of sp³-hybridized carbons (Fsp3) is 0.909. The molecule has 2 saturated heterocycles. The lowest BCUT2D eigenvalue weighted by atomic mass is 9.97. The van der Waals surface area contributed by atoms with Gasteiger partial charge < -0.3 is 15.0 Å². The van der Waals surface area contributed by atoms with Gasteiger partial charge in [-0.15, -0.1) is 0 Å². The van der Waals surface area contributed by atoms with Gasteiger partial charge in [-0.05, 0) is 26.3 Å². The molecule has 4 heteroatoms. The van der Waals surface area contributed by atoms with Gasteiger partial charge in [-0.2, -0.15) is 0 Å². The van der Waals surface area contributed by atoms with E-state index in [1.54, 1.807) is 0 Å². The van der Waals surface area contributed by atoms with E-state index in [0.29, 0.717) is 19.1 Å². The van der Waals surface area contributed by atoms with E-state index in [0.717, 1.165) is 32.5 Å². The minimum absolute atomic E-state index is 0.194. The highest BCUT2D eigenvalue weighted by molar-refractivity contribution is 5.79. The van der Waals surface area contributed by atoms with Gasteiger partial charge in [-0.1, -0.05) is 0 Å². The topological polar surface area (TPSA) is 41.6 Å². The first-order valence-corrected chi connectivity index (χ1v) is 5.88. The van der Waals surface area contributed by atoms with Crippen molar-refractivity contribution in [1.82, 2.24) is 10.2 Å². The minimum atomic E-state index is 0.194. The van der Waals surface area contributed by atoms with Crippen molar-refractivity contribution in [2.75, 3.05) is 32.8 Å². The van der Waals surface area contributed by atoms with Crippen LogP contribution in [0.5, 0.6) is 0 Å². The Bertz CT molecular complexity index is 227. The molecule has 0 aromatic carbocycles. The van der Waals surface area contributed by atoms with Crippen molar-refractivity contribution < 1.29 is 9.53 Å². The number of carbonyl (C=O) groups is 1. The Labute approximate surface area is 91.0 Å². The van der Waals surface area contributed by atoms with Crippen LogP contribution in [0.3, 0.4) is 0 Å². The standard InChI is InChI=1S/C11H20N2O2/c1-9-8-15-6-5-13(9)11(14)10-3-2-4-12-7-10/h9-10,12H,2-8H2,1H3/t9-,10?/m1/s1. The van der Waals surface area contributed by atoms with Gasteiger partial charge in [0.1, 0.15) is 0 Å². The third kappa shape index (κ3) is 2.49. The van der Waals surface area contributed by atoms with Crippen LogP contribution in [0.1, 0.15) is 19.8 Å². The van der Waals surface area contributed by atoms with E-state index in [1.165, 1.54) is 0 Å². The van der Waals surface area contributed by atoms with Crippen molar-refractivity contribution in [2.45, 2.75) is 25.8 Å². The highest BCUT2D eigenvalue weighted by Crippen LogP contribution is 2.16. The summed E-state index contributed by atoms with van der Waals surface area (Å²) in [5.41, 5.74) is 0. The van der Waals surface area contributed by atoms with Crippen LogP contribution in [0.4, 0.5) is 0 Å². The third-order valence-electron chi connectivity index (χ3n) is 3.30. The number of rotatable bonds is 1. The lowest BCUT2D eigenvalue weighted by molar-refractivity contribution is -0.144. The van der Waals surface area contributed by atoms with E-state index in [4.69, 9.17) is 4.74 Å². The molecule has 2 fully saturated rings. The lowest BCUT2D eigenvalue weighted by Gasteiger charge is -2.36. The number of ether oxygens (including phenoxy) is 1. The SMILES string of the molecule is C[C@@H]1COCCN1C(=O)C1CCCNC1. The second-order valence-corrected chi connectivity index (χ2v) is 4.50. The number of nitrogens with one attached hydrogen (secondary N) is 1. The first kappa shape index (κ1) is 10.9. The van der Waals surface area contributed by atoms with Crippen LogP contribution < -0.4 is 5.32 Å². The zero-order valence-electron chi connectivity index (χ0n) is 9.37. The Morgan fingerprint density at radius 1 is 1.53 bits per heavy atom. The van der Waals surface area contributed by atoms with Crippen LogP contribution >= 0.6 is 0 Å². The maximum Gasteiger partial charge on any atom is 0.227 e. The van der Waals surface area contributed by atoms with E-state index in [2.05, 4.69) is 12.2 Å². The van der Waals surface area contributed by atoms with Crippen molar-refractivity contribution in [3.8, 4) is 0 Å². The molecule has 86 valence electrons. The molecule has 2 aliphatic rings. The Kier molecular flexibility index (Phi) is 3.59. The average molecular weight is 212 g/mol. The molecule has 1 amide bonds. The monoisotopic (exact) mass is 212 g/mol. The summed E-state index contributed by atoms with van der Waals surface area (Å²) in [5, 5.41) is 3.29. The van der Waals surface area contributed by atoms with Gasteiger partial charge >= 0.3 is 0 Å². The maximum atomic E-state index is 12.2. The predicted octanol–water partition coefficient (Wildman–Crippen LogP) is 0.233. The summed E-state index contributed by atoms with van der Waals surface area (Å²) in [6.07, 6.45) is 2.16. The second kappa shape index (κ2) is 4.94. The molecule has 0 aromatic rings. The van der Waals surface area contributed by atoms with Gasteiger partial charge in [0.05, 0.1) is 25.2 Å². The van der Waals surface area contributed by atoms with E-state index in [1.807, 2.05) is 4.90 Å². The third-order valence-corrected chi connectivity index (χ3v) is 3.30. The summed E-state index contributed by atoms with van der Waals surface area (Å²) in [6, 6.07) is 0.244. The predicted molar refractivity (Wildman–Crippen MR) is 57.6 cm³/mol. The van der Waals surface area contributed by atoms with Crippen LogP contribution in [-0.2, 0) is 9.53 Å². The quantitative estimate of drug-likeness (QED) is 0.676. The molecular formula is C11H20N2O2. The summed E-state index contributed by atoms with van der Waals surface area (Å²) >= 11 is 0. The van der Waals surface area contributed by atoms with E-state index < -0.39 is 0 Å². The molecule has 0 bridgehead atoms. The summed E-state index contributed by atoms with van der Waals surface area (Å²) < 4.78 is 5.34. The normalized spacial score (nSPS) is 32.7. The molecule has 2 rings (SSSR count). The fourth-order valence-corrected chi connectivity index (χ4v) is 2.35. The minimum Gasteiger partial charge on any atom is -0.377 e. The average Bonchev–Trinajstić information content (AvgIpc) is 2.30. The van der Waals surface area contributed by atoms with Crippen molar-refractivity contribution in [1.29, 1.82) is 0 Å². The molecule has 2 aliphatic heterocycles. The highest BCUT2D eigenvalue weighted by atomic mass is 16.5. The van der Waals surface area contributed by atoms with Crippen molar-refractivity contribution in [3.05, 3.63) is 0 Å². The van der Waals surface area contributed by atoms with Crippen LogP contribution in [0, 0.1) is 5.92 Å². The number of nitrogens with zero attached hydrogens (tertiary/aromatic N) is 1. The Morgan fingerprint density at radius 3 is 3.07 bits per heavy atom. The molecule has 2 atom stereocenters. The largest absolute Gasteiger partial charge is 0.377 e. The second-order valence-electron chi connectivity index (χ2n) is 4.50. The van der Waals surface area contributed by atoms with E-state index in [9.17, 15) is 4.79 Å². The number of morpholine rings is 1. The smallest absolute Gasteiger partial charge is 0.227 e. The number of hydrogen-bond acceptors (Lipinski definition) is 3. The Morgan fingerprint density at radius 2 is 2.40 bits per heavy atom. The molecule has 0 spiro atoms. The van der Waals surface area contributed by atoms with Crippen molar-refractivity contribution in [3.63, 3.8) is 0 Å². The number of amides is 1. The number of hydrogen-bond donors (Lipinski definition) is 1. The molecule has 4 nitrogen and oxygen atoms in total.